The van der Waals surface area contributed by atoms with Crippen molar-refractivity contribution in [3.8, 4) is 0 Å². The third-order valence-corrected chi connectivity index (χ3v) is 3.74. The molecule has 2 aromatic rings. The number of aliphatic hydroxyl groups is 1. The zero-order valence-corrected chi connectivity index (χ0v) is 15.1. The van der Waals surface area contributed by atoms with Gasteiger partial charge in [0.05, 0.1) is 11.7 Å². The molecule has 0 spiro atoms. The smallest absolute Gasteiger partial charge is 0.136 e. The number of β-amino-alcohol motifs (C(OH)–C–C–N with tert-alkyl or cyclic N) is 1. The van der Waals surface area contributed by atoms with Crippen molar-refractivity contribution in [3.63, 3.8) is 0 Å². The average Bonchev–Trinajstić information content (AvgIpc) is 2.55. The van der Waals surface area contributed by atoms with Crippen LogP contribution in [0.3, 0.4) is 0 Å². The van der Waals surface area contributed by atoms with Gasteiger partial charge in [0.25, 0.3) is 0 Å². The van der Waals surface area contributed by atoms with Gasteiger partial charge >= 0.3 is 0 Å². The van der Waals surface area contributed by atoms with E-state index in [2.05, 4.69) is 45.1 Å². The summed E-state index contributed by atoms with van der Waals surface area (Å²) in [5, 5.41) is 26.2. The summed E-state index contributed by atoms with van der Waals surface area (Å²) < 4.78 is 0. The number of rotatable bonds is 3. The molecule has 1 aliphatic rings. The number of aliphatic hydroxyl groups excluding tert-OH is 1. The summed E-state index contributed by atoms with van der Waals surface area (Å²) in [7, 11) is 0. The van der Waals surface area contributed by atoms with E-state index in [-0.39, 0.29) is 31.4 Å². The highest BCUT2D eigenvalue weighted by Gasteiger charge is 2.18. The molecule has 3 rings (SSSR count). The predicted molar refractivity (Wildman–Crippen MR) is 102 cm³/mol. The second kappa shape index (κ2) is 11.6. The van der Waals surface area contributed by atoms with Gasteiger partial charge in [-0.25, -0.2) is 4.98 Å². The molecule has 1 saturated heterocycles. The lowest BCUT2D eigenvalue weighted by molar-refractivity contribution is -0.402. The van der Waals surface area contributed by atoms with Crippen molar-refractivity contribution >= 4 is 41.4 Å². The number of benzene rings is 1. The molecule has 25 heavy (non-hydrogen) atoms. The minimum absolute atomic E-state index is 0. The highest BCUT2D eigenvalue weighted by atomic mass is 35.5. The van der Waals surface area contributed by atoms with Crippen LogP contribution in [0.1, 0.15) is 0 Å². The fourth-order valence-electron chi connectivity index (χ4n) is 2.68. The molecule has 1 N–H and O–H groups in total. The average molecular weight is 392 g/mol. The number of nitrogens with zero attached hydrogens (tertiary/aromatic N) is 4. The molecule has 0 bridgehead atoms. The third kappa shape index (κ3) is 6.87. The molecule has 0 saturated carbocycles. The molecule has 0 radical (unpaired) electrons. The van der Waals surface area contributed by atoms with Crippen LogP contribution in [0.2, 0.25) is 0 Å². The molecule has 0 aliphatic carbocycles. The monoisotopic (exact) mass is 391 g/mol. The van der Waals surface area contributed by atoms with Gasteiger partial charge in [0.2, 0.25) is 0 Å². The number of hydrogen-bond acceptors (Lipinski definition) is 7. The molecule has 1 fully saturated rings. The summed E-state index contributed by atoms with van der Waals surface area (Å²) in [4.78, 5) is 17.4. The largest absolute Gasteiger partial charge is 0.395 e. The van der Waals surface area contributed by atoms with Gasteiger partial charge in [-0.1, -0.05) is 24.3 Å². The number of hydrogen-bond donors (Lipinski definition) is 1. The first-order valence-electron chi connectivity index (χ1n) is 7.35. The Balaban J connectivity index is 0.000000874. The summed E-state index contributed by atoms with van der Waals surface area (Å²) >= 11 is 0. The van der Waals surface area contributed by atoms with E-state index in [1.54, 1.807) is 0 Å². The van der Waals surface area contributed by atoms with Gasteiger partial charge in [0.1, 0.15) is 5.82 Å². The Kier molecular flexibility index (Phi) is 10.8. The van der Waals surface area contributed by atoms with Crippen LogP contribution in [0.5, 0.6) is 0 Å². The summed E-state index contributed by atoms with van der Waals surface area (Å²) in [5.41, 5.74) is 0. The van der Waals surface area contributed by atoms with Crippen molar-refractivity contribution in [1.82, 2.24) is 9.88 Å². The Morgan fingerprint density at radius 3 is 2.28 bits per heavy atom. The van der Waals surface area contributed by atoms with Gasteiger partial charge in [-0.15, -0.1) is 24.8 Å². The molecular formula is C15H21Cl2N4O4-. The van der Waals surface area contributed by atoms with Gasteiger partial charge < -0.3 is 25.3 Å². The normalized spacial score (nSPS) is 13.9. The number of piperazine rings is 1. The van der Waals surface area contributed by atoms with Crippen LogP contribution in [-0.4, -0.2) is 59.4 Å². The molecule has 0 unspecified atom stereocenters. The van der Waals surface area contributed by atoms with E-state index in [0.717, 1.165) is 38.5 Å². The van der Waals surface area contributed by atoms with E-state index >= 15 is 0 Å². The molecule has 1 aromatic heterocycles. The maximum atomic E-state index is 8.98. The van der Waals surface area contributed by atoms with Crippen LogP contribution in [0.4, 0.5) is 5.82 Å². The molecule has 10 heteroatoms. The quantitative estimate of drug-likeness (QED) is 0.629. The molecular weight excluding hydrogens is 371 g/mol. The summed E-state index contributed by atoms with van der Waals surface area (Å²) in [6.07, 6.45) is 1.89. The number of halogens is 2. The first kappa shape index (κ1) is 23.1. The fourth-order valence-corrected chi connectivity index (χ4v) is 2.68. The fraction of sp³-hybridized carbons (Fsp3) is 0.400. The van der Waals surface area contributed by atoms with Crippen LogP contribution < -0.4 is 4.90 Å². The maximum Gasteiger partial charge on any atom is 0.136 e. The minimum Gasteiger partial charge on any atom is -0.395 e. The Morgan fingerprint density at radius 1 is 1.08 bits per heavy atom. The third-order valence-electron chi connectivity index (χ3n) is 3.74. The van der Waals surface area contributed by atoms with Crippen molar-refractivity contribution in [1.29, 1.82) is 0 Å². The van der Waals surface area contributed by atoms with E-state index in [0.29, 0.717) is 0 Å². The van der Waals surface area contributed by atoms with Gasteiger partial charge in [0, 0.05) is 44.3 Å². The Hall–Kier alpha value is -1.87. The molecule has 140 valence electrons. The first-order valence-corrected chi connectivity index (χ1v) is 7.35. The lowest BCUT2D eigenvalue weighted by Gasteiger charge is -2.35. The van der Waals surface area contributed by atoms with Gasteiger partial charge in [-0.3, -0.25) is 4.90 Å². The maximum absolute atomic E-state index is 8.98. The van der Waals surface area contributed by atoms with Crippen molar-refractivity contribution in [2.24, 2.45) is 0 Å². The summed E-state index contributed by atoms with van der Waals surface area (Å²) in [6, 6.07) is 10.4. The number of pyridine rings is 1. The van der Waals surface area contributed by atoms with E-state index in [4.69, 9.17) is 20.4 Å². The molecule has 8 nitrogen and oxygen atoms in total. The summed E-state index contributed by atoms with van der Waals surface area (Å²) in [5.74, 6) is 1.08. The lowest BCUT2D eigenvalue weighted by Crippen LogP contribution is -2.47. The molecule has 0 amide bonds. The van der Waals surface area contributed by atoms with Crippen LogP contribution >= 0.6 is 24.8 Å². The zero-order chi connectivity index (χ0) is 16.7. The lowest BCUT2D eigenvalue weighted by atomic mass is 10.1. The zero-order valence-electron chi connectivity index (χ0n) is 13.5. The predicted octanol–water partition coefficient (Wildman–Crippen LogP) is 1.95. The second-order valence-electron chi connectivity index (χ2n) is 5.13. The molecule has 1 aromatic carbocycles. The Bertz CT molecular complexity index is 645. The van der Waals surface area contributed by atoms with Crippen LogP contribution in [0.25, 0.3) is 10.8 Å². The van der Waals surface area contributed by atoms with Crippen LogP contribution in [0, 0.1) is 15.3 Å². The highest BCUT2D eigenvalue weighted by Crippen LogP contribution is 2.24. The number of aromatic nitrogens is 1. The van der Waals surface area contributed by atoms with Crippen molar-refractivity contribution in [2.75, 3.05) is 44.2 Å². The Morgan fingerprint density at radius 2 is 1.68 bits per heavy atom. The molecule has 1 aliphatic heterocycles. The number of fused-ring (bicyclic) bond motifs is 1. The highest BCUT2D eigenvalue weighted by molar-refractivity contribution is 5.92. The SMILES string of the molecule is Cl.Cl.O=[N+]([O-])[O-].OCCN1CCN(c2nccc3ccccc23)CC1. The first-order chi connectivity index (χ1) is 11.1. The molecule has 2 heterocycles. The van der Waals surface area contributed by atoms with Crippen LogP contribution in [-0.2, 0) is 0 Å². The minimum atomic E-state index is -1.75. The van der Waals surface area contributed by atoms with Gasteiger partial charge in [0.15, 0.2) is 0 Å². The molecule has 0 atom stereocenters. The number of anilines is 1. The van der Waals surface area contributed by atoms with Crippen molar-refractivity contribution < 1.29 is 10.2 Å². The summed E-state index contributed by atoms with van der Waals surface area (Å²) in [6.45, 7) is 4.95. The van der Waals surface area contributed by atoms with E-state index in [9.17, 15) is 0 Å². The van der Waals surface area contributed by atoms with E-state index in [1.807, 2.05) is 6.20 Å². The van der Waals surface area contributed by atoms with E-state index in [1.165, 1.54) is 10.8 Å². The van der Waals surface area contributed by atoms with Crippen molar-refractivity contribution in [3.05, 3.63) is 51.9 Å². The van der Waals surface area contributed by atoms with Gasteiger partial charge in [-0.2, -0.15) is 0 Å². The topological polar surface area (TPSA) is 106 Å². The van der Waals surface area contributed by atoms with Crippen LogP contribution in [0.15, 0.2) is 36.5 Å². The van der Waals surface area contributed by atoms with Crippen molar-refractivity contribution in [2.45, 2.75) is 0 Å². The van der Waals surface area contributed by atoms with Gasteiger partial charge in [-0.05, 0) is 11.5 Å². The van der Waals surface area contributed by atoms with E-state index < -0.39 is 5.09 Å². The standard InChI is InChI=1S/C15H19N3O.2ClH.NO3/c19-12-11-17-7-9-18(10-8-17)15-14-4-2-1-3-13(14)5-6-16-15;;;2-1(3)4/h1-6,19H,7-12H2;2*1H;/q;;;-1. The second-order valence-corrected chi connectivity index (χ2v) is 5.13. The Labute approximate surface area is 158 Å².